The second-order valence-corrected chi connectivity index (χ2v) is 5.69. The number of aromatic nitrogens is 7. The molecule has 3 aromatic rings. The van der Waals surface area contributed by atoms with Crippen LogP contribution in [-0.2, 0) is 13.6 Å². The van der Waals surface area contributed by atoms with Gasteiger partial charge < -0.3 is 5.32 Å². The molecule has 0 aromatic carbocycles. The number of anilines is 2. The fourth-order valence-corrected chi connectivity index (χ4v) is 2.87. The molecule has 122 valence electrons. The van der Waals surface area contributed by atoms with E-state index >= 15 is 0 Å². The van der Waals surface area contributed by atoms with Gasteiger partial charge in [0.2, 0.25) is 5.95 Å². The van der Waals surface area contributed by atoms with E-state index in [9.17, 15) is 0 Å². The van der Waals surface area contributed by atoms with Crippen molar-refractivity contribution in [3.05, 3.63) is 35.0 Å². The lowest BCUT2D eigenvalue weighted by Gasteiger charge is -2.12. The number of aromatic amines is 1. The summed E-state index contributed by atoms with van der Waals surface area (Å²) in [7, 11) is 1.95. The summed E-state index contributed by atoms with van der Waals surface area (Å²) in [6.07, 6.45) is 1.93. The first kappa shape index (κ1) is 15.3. The molecule has 0 aliphatic carbocycles. The highest BCUT2D eigenvalue weighted by atomic mass is 15.4. The van der Waals surface area contributed by atoms with Crippen molar-refractivity contribution in [2.45, 2.75) is 40.2 Å². The topological polar surface area (TPSA) is 89.2 Å². The summed E-state index contributed by atoms with van der Waals surface area (Å²) in [5.41, 5.74) is 3.23. The van der Waals surface area contributed by atoms with Gasteiger partial charge in [0.05, 0.1) is 5.69 Å². The van der Waals surface area contributed by atoms with Crippen molar-refractivity contribution in [3.63, 3.8) is 0 Å². The lowest BCUT2D eigenvalue weighted by atomic mass is 9.98. The first-order valence-electron chi connectivity index (χ1n) is 7.72. The monoisotopic (exact) mass is 314 g/mol. The number of hydrogen-bond acceptors (Lipinski definition) is 5. The van der Waals surface area contributed by atoms with Gasteiger partial charge in [-0.25, -0.2) is 0 Å². The van der Waals surface area contributed by atoms with Gasteiger partial charge in [-0.2, -0.15) is 10.2 Å². The third-order valence-corrected chi connectivity index (χ3v) is 4.12. The van der Waals surface area contributed by atoms with Crippen molar-refractivity contribution in [1.82, 2.24) is 34.7 Å². The number of nitrogens with one attached hydrogen (secondary N) is 2. The molecular formula is C15H22N8. The second-order valence-electron chi connectivity index (χ2n) is 5.69. The van der Waals surface area contributed by atoms with Crippen LogP contribution in [0.15, 0.2) is 12.3 Å². The van der Waals surface area contributed by atoms with E-state index < -0.39 is 0 Å². The van der Waals surface area contributed by atoms with Gasteiger partial charge in [0, 0.05) is 43.0 Å². The Balaban J connectivity index is 1.87. The molecule has 8 nitrogen and oxygen atoms in total. The van der Waals surface area contributed by atoms with E-state index in [0.29, 0.717) is 5.95 Å². The van der Waals surface area contributed by atoms with E-state index in [0.717, 1.165) is 29.6 Å². The lowest BCUT2D eigenvalue weighted by Crippen LogP contribution is -2.08. The van der Waals surface area contributed by atoms with Gasteiger partial charge in [0.25, 0.3) is 0 Å². The highest BCUT2D eigenvalue weighted by molar-refractivity contribution is 5.47. The second kappa shape index (κ2) is 5.86. The van der Waals surface area contributed by atoms with Gasteiger partial charge in [-0.05, 0) is 20.8 Å². The molecule has 0 fully saturated rings. The molecule has 3 aromatic heterocycles. The molecule has 3 heterocycles. The highest BCUT2D eigenvalue weighted by Gasteiger charge is 2.22. The molecule has 3 rings (SSSR count). The Morgan fingerprint density at radius 3 is 2.70 bits per heavy atom. The van der Waals surface area contributed by atoms with Crippen LogP contribution in [0.4, 0.5) is 11.8 Å². The average molecular weight is 314 g/mol. The summed E-state index contributed by atoms with van der Waals surface area (Å²) in [6.45, 7) is 9.03. The summed E-state index contributed by atoms with van der Waals surface area (Å²) in [5.74, 6) is 2.43. The molecule has 1 unspecified atom stereocenters. The summed E-state index contributed by atoms with van der Waals surface area (Å²) >= 11 is 0. The lowest BCUT2D eigenvalue weighted by molar-refractivity contribution is 0.662. The molecule has 0 amide bonds. The molecule has 0 aliphatic heterocycles. The van der Waals surface area contributed by atoms with Gasteiger partial charge in [0.1, 0.15) is 5.82 Å². The van der Waals surface area contributed by atoms with E-state index in [1.165, 1.54) is 5.56 Å². The number of aryl methyl sites for hydroxylation is 3. The smallest absolute Gasteiger partial charge is 0.230 e. The van der Waals surface area contributed by atoms with E-state index in [-0.39, 0.29) is 5.92 Å². The van der Waals surface area contributed by atoms with Crippen LogP contribution in [0.25, 0.3) is 0 Å². The maximum absolute atomic E-state index is 4.41. The fourth-order valence-electron chi connectivity index (χ4n) is 2.87. The minimum Gasteiger partial charge on any atom is -0.307 e. The van der Waals surface area contributed by atoms with Crippen LogP contribution >= 0.6 is 0 Å². The van der Waals surface area contributed by atoms with Crippen LogP contribution < -0.4 is 5.32 Å². The van der Waals surface area contributed by atoms with Crippen LogP contribution in [0, 0.1) is 13.8 Å². The Morgan fingerprint density at radius 2 is 2.09 bits per heavy atom. The standard InChI is InChI=1S/C15H22N8/c1-6-23-8-7-12(21-23)16-15-20-19-14(22(15)5)9(2)13-10(3)17-18-11(13)4/h7-9H,6H2,1-5H3,(H,17,18)(H,16,20,21). The fraction of sp³-hybridized carbons (Fsp3) is 0.467. The molecule has 0 bridgehead atoms. The summed E-state index contributed by atoms with van der Waals surface area (Å²) < 4.78 is 3.82. The van der Waals surface area contributed by atoms with E-state index in [4.69, 9.17) is 0 Å². The molecule has 2 N–H and O–H groups in total. The maximum Gasteiger partial charge on any atom is 0.230 e. The predicted octanol–water partition coefficient (Wildman–Crippen LogP) is 2.27. The van der Waals surface area contributed by atoms with Crippen molar-refractivity contribution < 1.29 is 0 Å². The third kappa shape index (κ3) is 2.71. The predicted molar refractivity (Wildman–Crippen MR) is 87.8 cm³/mol. The first-order chi connectivity index (χ1) is 11.0. The largest absolute Gasteiger partial charge is 0.307 e. The van der Waals surface area contributed by atoms with Gasteiger partial charge in [-0.15, -0.1) is 10.2 Å². The first-order valence-corrected chi connectivity index (χ1v) is 7.72. The molecule has 0 saturated carbocycles. The van der Waals surface area contributed by atoms with Gasteiger partial charge in [-0.1, -0.05) is 6.92 Å². The van der Waals surface area contributed by atoms with E-state index in [1.54, 1.807) is 0 Å². The molecular weight excluding hydrogens is 292 g/mol. The molecule has 0 radical (unpaired) electrons. The number of nitrogens with zero attached hydrogens (tertiary/aromatic N) is 6. The zero-order valence-electron chi connectivity index (χ0n) is 14.1. The Kier molecular flexibility index (Phi) is 3.89. The van der Waals surface area contributed by atoms with Crippen molar-refractivity contribution >= 4 is 11.8 Å². The van der Waals surface area contributed by atoms with Crippen molar-refractivity contribution in [1.29, 1.82) is 0 Å². The third-order valence-electron chi connectivity index (χ3n) is 4.12. The molecule has 0 aliphatic rings. The van der Waals surface area contributed by atoms with Gasteiger partial charge >= 0.3 is 0 Å². The Bertz CT molecular complexity index is 790. The molecule has 0 spiro atoms. The van der Waals surface area contributed by atoms with Gasteiger partial charge in [-0.3, -0.25) is 14.3 Å². The van der Waals surface area contributed by atoms with Crippen molar-refractivity contribution in [2.75, 3.05) is 5.32 Å². The highest BCUT2D eigenvalue weighted by Crippen LogP contribution is 2.28. The van der Waals surface area contributed by atoms with Crippen LogP contribution in [0.5, 0.6) is 0 Å². The molecule has 1 atom stereocenters. The summed E-state index contributed by atoms with van der Waals surface area (Å²) in [5, 5.41) is 23.5. The molecule has 23 heavy (non-hydrogen) atoms. The zero-order valence-corrected chi connectivity index (χ0v) is 14.1. The number of H-pyrrole nitrogens is 1. The number of hydrogen-bond donors (Lipinski definition) is 2. The zero-order chi connectivity index (χ0) is 16.6. The number of rotatable bonds is 5. The SMILES string of the molecule is CCn1ccc(Nc2nnc(C(C)c3c(C)n[nH]c3C)n2C)n1. The molecule has 8 heteroatoms. The van der Waals surface area contributed by atoms with Crippen molar-refractivity contribution in [2.24, 2.45) is 7.05 Å². The Labute approximate surface area is 134 Å². The van der Waals surface area contributed by atoms with Crippen LogP contribution in [0.1, 0.15) is 42.5 Å². The minimum atomic E-state index is 0.106. The average Bonchev–Trinajstić information content (AvgIpc) is 3.21. The molecule has 0 saturated heterocycles. The van der Waals surface area contributed by atoms with Crippen LogP contribution in [0.3, 0.4) is 0 Å². The normalized spacial score (nSPS) is 12.6. The maximum atomic E-state index is 4.41. The van der Waals surface area contributed by atoms with Gasteiger partial charge in [0.15, 0.2) is 5.82 Å². The quantitative estimate of drug-likeness (QED) is 0.754. The summed E-state index contributed by atoms with van der Waals surface area (Å²) in [6, 6.07) is 1.92. The summed E-state index contributed by atoms with van der Waals surface area (Å²) in [4.78, 5) is 0. The van der Waals surface area contributed by atoms with Crippen LogP contribution in [-0.4, -0.2) is 34.7 Å². The minimum absolute atomic E-state index is 0.106. The van der Waals surface area contributed by atoms with E-state index in [1.807, 2.05) is 42.4 Å². The Hall–Kier alpha value is -2.64. The van der Waals surface area contributed by atoms with Crippen molar-refractivity contribution in [3.8, 4) is 0 Å². The van der Waals surface area contributed by atoms with Crippen LogP contribution in [0.2, 0.25) is 0 Å². The van der Waals surface area contributed by atoms with E-state index in [2.05, 4.69) is 44.7 Å². The Morgan fingerprint density at radius 1 is 1.30 bits per heavy atom.